The van der Waals surface area contributed by atoms with E-state index in [9.17, 15) is 8.42 Å². The summed E-state index contributed by atoms with van der Waals surface area (Å²) >= 11 is 0. The van der Waals surface area contributed by atoms with Crippen molar-refractivity contribution in [1.82, 2.24) is 0 Å². The van der Waals surface area contributed by atoms with Crippen LogP contribution in [0.1, 0.15) is 12.4 Å². The van der Waals surface area contributed by atoms with Gasteiger partial charge in [0.1, 0.15) is 5.75 Å². The van der Waals surface area contributed by atoms with Crippen LogP contribution in [0.5, 0.6) is 0 Å². The Morgan fingerprint density at radius 3 is 2.36 bits per heavy atom. The zero-order valence-corrected chi connectivity index (χ0v) is 6.20. The maximum atomic E-state index is 10.6. The Morgan fingerprint density at radius 2 is 1.91 bits per heavy atom. The zero-order chi connectivity index (χ0) is 12.7. The van der Waals surface area contributed by atoms with Crippen molar-refractivity contribution in [1.29, 1.82) is 0 Å². The highest BCUT2D eigenvalue weighted by atomic mass is 32.2. The molecule has 4 heteroatoms. The molecule has 0 aliphatic carbocycles. The molecular formula is C7H8O3S. The van der Waals surface area contributed by atoms with Gasteiger partial charge in [0.05, 0.1) is 6.85 Å². The van der Waals surface area contributed by atoms with Gasteiger partial charge < -0.3 is 0 Å². The Hall–Kier alpha value is -0.870. The molecule has 0 radical (unpaired) electrons. The van der Waals surface area contributed by atoms with Crippen LogP contribution in [-0.4, -0.2) is 13.0 Å². The van der Waals surface area contributed by atoms with Crippen LogP contribution in [-0.2, 0) is 15.9 Å². The minimum Gasteiger partial charge on any atom is -0.285 e. The van der Waals surface area contributed by atoms with Crippen LogP contribution in [0.4, 0.5) is 0 Å². The van der Waals surface area contributed by atoms with Crippen LogP contribution < -0.4 is 0 Å². The summed E-state index contributed by atoms with van der Waals surface area (Å²) in [5.41, 5.74) is -0.437. The number of rotatable bonds is 2. The summed E-state index contributed by atoms with van der Waals surface area (Å²) in [5, 5.41) is 0. The van der Waals surface area contributed by atoms with E-state index in [1.165, 1.54) is 0 Å². The monoisotopic (exact) mass is 177 g/mol. The van der Waals surface area contributed by atoms with Gasteiger partial charge in [-0.2, -0.15) is 8.42 Å². The fraction of sp³-hybridized carbons (Fsp3) is 0.143. The maximum Gasteiger partial charge on any atom is 0.269 e. The Labute approximate surface area is 72.4 Å². The predicted octanol–water partition coefficient (Wildman–Crippen LogP) is 1.07. The van der Waals surface area contributed by atoms with Gasteiger partial charge in [0.2, 0.25) is 0 Å². The van der Waals surface area contributed by atoms with Crippen LogP contribution in [0.25, 0.3) is 0 Å². The largest absolute Gasteiger partial charge is 0.285 e. The minimum atomic E-state index is -4.44. The smallest absolute Gasteiger partial charge is 0.269 e. The van der Waals surface area contributed by atoms with Gasteiger partial charge in [-0.05, 0) is 5.56 Å². The first-order valence-corrected chi connectivity index (χ1v) is 4.27. The molecule has 0 saturated heterocycles. The van der Waals surface area contributed by atoms with Gasteiger partial charge in [-0.1, -0.05) is 30.2 Å². The zero-order valence-electron chi connectivity index (χ0n) is 10.4. The predicted molar refractivity (Wildman–Crippen MR) is 41.7 cm³/mol. The second-order valence-electron chi connectivity index (χ2n) is 1.83. The van der Waals surface area contributed by atoms with E-state index in [1.54, 1.807) is 0 Å². The molecule has 1 aromatic carbocycles. The van der Waals surface area contributed by atoms with Gasteiger partial charge in [-0.3, -0.25) is 4.55 Å². The van der Waals surface area contributed by atoms with Crippen molar-refractivity contribution in [3.63, 3.8) is 0 Å². The van der Waals surface area contributed by atoms with E-state index in [-0.39, 0.29) is 0 Å². The summed E-state index contributed by atoms with van der Waals surface area (Å²) in [7, 11) is -4.44. The van der Waals surface area contributed by atoms with Gasteiger partial charge >= 0.3 is 0 Å². The average Bonchev–Trinajstić information content (AvgIpc) is 2.17. The highest BCUT2D eigenvalue weighted by molar-refractivity contribution is 7.85. The van der Waals surface area contributed by atoms with Crippen LogP contribution in [0.2, 0.25) is 0 Å². The van der Waals surface area contributed by atoms with Gasteiger partial charge in [0.25, 0.3) is 10.1 Å². The molecule has 0 amide bonds. The van der Waals surface area contributed by atoms with Crippen LogP contribution in [0.3, 0.4) is 0 Å². The Morgan fingerprint density at radius 1 is 1.36 bits per heavy atom. The number of benzene rings is 1. The summed E-state index contributed by atoms with van der Waals surface area (Å²) < 4.78 is 66.4. The van der Waals surface area contributed by atoms with E-state index >= 15 is 0 Å². The molecule has 0 saturated carbocycles. The molecule has 0 aromatic heterocycles. The quantitative estimate of drug-likeness (QED) is 0.687. The van der Waals surface area contributed by atoms with Crippen LogP contribution in [0, 0.1) is 0 Å². The lowest BCUT2D eigenvalue weighted by molar-refractivity contribution is 0.482. The molecule has 1 rings (SSSR count). The van der Waals surface area contributed by atoms with Crippen LogP contribution in [0.15, 0.2) is 30.2 Å². The molecule has 0 fully saturated rings. The molecule has 60 valence electrons. The summed E-state index contributed by atoms with van der Waals surface area (Å²) in [5.74, 6) is -0.997. The highest BCUT2D eigenvalue weighted by Crippen LogP contribution is 2.02. The summed E-state index contributed by atoms with van der Waals surface area (Å²) in [6.45, 7) is 0. The molecule has 0 aliphatic rings. The summed E-state index contributed by atoms with van der Waals surface area (Å²) in [6, 6.07) is -3.10. The SMILES string of the molecule is [2H]c1c([2H])c([2H])c(CS(=O)(=O)O)c([2H])c1[2H]. The van der Waals surface area contributed by atoms with E-state index in [1.807, 2.05) is 0 Å². The molecule has 0 aliphatic heterocycles. The first-order chi connectivity index (χ1) is 7.15. The van der Waals surface area contributed by atoms with Crippen molar-refractivity contribution in [3.8, 4) is 0 Å². The fourth-order valence-corrected chi connectivity index (χ4v) is 1.04. The summed E-state index contributed by atoms with van der Waals surface area (Å²) in [4.78, 5) is 0. The number of hydrogen-bond acceptors (Lipinski definition) is 2. The third kappa shape index (κ3) is 3.15. The Bertz CT molecular complexity index is 510. The summed E-state index contributed by atoms with van der Waals surface area (Å²) in [6.07, 6.45) is 0. The van der Waals surface area contributed by atoms with Gasteiger partial charge in [-0.15, -0.1) is 0 Å². The molecule has 1 N–H and O–H groups in total. The normalized spacial score (nSPS) is 17.7. The van der Waals surface area contributed by atoms with Crippen molar-refractivity contribution in [2.45, 2.75) is 5.75 Å². The molecule has 0 atom stereocenters. The number of hydrogen-bond donors (Lipinski definition) is 1. The van der Waals surface area contributed by atoms with Gasteiger partial charge in [0, 0.05) is 0 Å². The van der Waals surface area contributed by atoms with E-state index in [0.29, 0.717) is 0 Å². The van der Waals surface area contributed by atoms with Crippen molar-refractivity contribution >= 4 is 10.1 Å². The maximum absolute atomic E-state index is 10.6. The molecule has 0 bridgehead atoms. The van der Waals surface area contributed by atoms with Gasteiger partial charge in [0.15, 0.2) is 0 Å². The lowest BCUT2D eigenvalue weighted by Gasteiger charge is -1.95. The van der Waals surface area contributed by atoms with Gasteiger partial charge in [-0.25, -0.2) is 0 Å². The molecule has 0 heterocycles. The van der Waals surface area contributed by atoms with Crippen molar-refractivity contribution in [3.05, 3.63) is 35.8 Å². The standard InChI is InChI=1S/C7H8O3S/c8-11(9,10)6-7-4-2-1-3-5-7/h1-5H,6H2,(H,8,9,10)/i1D,2D,3D,4D,5D. The topological polar surface area (TPSA) is 54.4 Å². The first-order valence-electron chi connectivity index (χ1n) is 5.16. The average molecular weight is 177 g/mol. The second kappa shape index (κ2) is 3.02. The lowest BCUT2D eigenvalue weighted by Crippen LogP contribution is -2.00. The van der Waals surface area contributed by atoms with E-state index in [4.69, 9.17) is 11.4 Å². The van der Waals surface area contributed by atoms with E-state index < -0.39 is 51.6 Å². The van der Waals surface area contributed by atoms with Crippen molar-refractivity contribution < 1.29 is 19.8 Å². The molecule has 1 aromatic rings. The second-order valence-corrected chi connectivity index (χ2v) is 3.28. The first kappa shape index (κ1) is 3.69. The molecular weight excluding hydrogens is 164 g/mol. The molecule has 11 heavy (non-hydrogen) atoms. The van der Waals surface area contributed by atoms with Crippen molar-refractivity contribution in [2.24, 2.45) is 0 Å². The fourth-order valence-electron chi connectivity index (χ4n) is 0.530. The molecule has 0 spiro atoms. The van der Waals surface area contributed by atoms with Crippen molar-refractivity contribution in [2.75, 3.05) is 0 Å². The van der Waals surface area contributed by atoms with Crippen LogP contribution >= 0.6 is 0 Å². The van der Waals surface area contributed by atoms with E-state index in [0.717, 1.165) is 0 Å². The third-order valence-corrected chi connectivity index (χ3v) is 1.53. The minimum absolute atomic E-state index is 0.437. The van der Waals surface area contributed by atoms with E-state index in [2.05, 4.69) is 0 Å². The Balaban J connectivity index is 3.52. The highest BCUT2D eigenvalue weighted by Gasteiger charge is 2.04. The lowest BCUT2D eigenvalue weighted by atomic mass is 10.2. The molecule has 0 unspecified atom stereocenters. The Kier molecular flexibility index (Phi) is 1.01. The third-order valence-electron chi connectivity index (χ3n) is 0.879. The molecule has 3 nitrogen and oxygen atoms in total.